The molecule has 2 aliphatic rings. The fraction of sp³-hybridized carbons (Fsp3) is 0.524. The molecule has 1 atom stereocenters. The lowest BCUT2D eigenvalue weighted by Gasteiger charge is -2.33. The van der Waals surface area contributed by atoms with Gasteiger partial charge in [0.1, 0.15) is 17.1 Å². The Morgan fingerprint density at radius 1 is 1.17 bits per heavy atom. The smallest absolute Gasteiger partial charge is 0.243 e. The molecule has 4 rings (SSSR count). The third-order valence-corrected chi connectivity index (χ3v) is 5.58. The van der Waals surface area contributed by atoms with Crippen molar-refractivity contribution in [3.05, 3.63) is 35.0 Å². The van der Waals surface area contributed by atoms with Crippen LogP contribution in [0.25, 0.3) is 0 Å². The highest BCUT2D eigenvalue weighted by Gasteiger charge is 2.53. The second-order valence-electron chi connectivity index (χ2n) is 8.11. The standard InChI is InChI=1S/C21H25N7O/c1-13-9-14(2)24-20(23-13)27-18-10-17(25-15(3)26-18)16-5-4-8-28(11-16)19(29)21(12-22)6-7-21/h9-10,16H,4-8,11H2,1-3H3,(H,23,24,25,26,27). The summed E-state index contributed by atoms with van der Waals surface area (Å²) in [4.78, 5) is 32.6. The highest BCUT2D eigenvalue weighted by Crippen LogP contribution is 2.47. The highest BCUT2D eigenvalue weighted by molar-refractivity contribution is 5.88. The molecule has 0 aromatic carbocycles. The summed E-state index contributed by atoms with van der Waals surface area (Å²) >= 11 is 0. The molecule has 0 bridgehead atoms. The van der Waals surface area contributed by atoms with E-state index in [1.165, 1.54) is 0 Å². The summed E-state index contributed by atoms with van der Waals surface area (Å²) in [5.41, 5.74) is 1.91. The second-order valence-corrected chi connectivity index (χ2v) is 8.11. The summed E-state index contributed by atoms with van der Waals surface area (Å²) in [6.45, 7) is 7.02. The summed E-state index contributed by atoms with van der Waals surface area (Å²) in [6.07, 6.45) is 3.23. The molecule has 1 saturated carbocycles. The number of likely N-dealkylation sites (tertiary alicyclic amines) is 1. The van der Waals surface area contributed by atoms with Crippen molar-refractivity contribution in [3.8, 4) is 6.07 Å². The van der Waals surface area contributed by atoms with Crippen LogP contribution in [0.2, 0.25) is 0 Å². The predicted molar refractivity (Wildman–Crippen MR) is 107 cm³/mol. The van der Waals surface area contributed by atoms with Crippen LogP contribution < -0.4 is 5.32 Å². The zero-order valence-electron chi connectivity index (χ0n) is 17.1. The summed E-state index contributed by atoms with van der Waals surface area (Å²) in [5.74, 6) is 1.93. The van der Waals surface area contributed by atoms with Crippen LogP contribution in [0.5, 0.6) is 0 Å². The Labute approximate surface area is 170 Å². The Kier molecular flexibility index (Phi) is 4.91. The number of carbonyl (C=O) groups excluding carboxylic acids is 1. The van der Waals surface area contributed by atoms with Gasteiger partial charge in [0.15, 0.2) is 0 Å². The summed E-state index contributed by atoms with van der Waals surface area (Å²) in [5, 5.41) is 12.5. The number of hydrogen-bond donors (Lipinski definition) is 1. The Morgan fingerprint density at radius 3 is 2.55 bits per heavy atom. The molecule has 0 radical (unpaired) electrons. The second kappa shape index (κ2) is 7.39. The highest BCUT2D eigenvalue weighted by atomic mass is 16.2. The average molecular weight is 391 g/mol. The van der Waals surface area contributed by atoms with E-state index >= 15 is 0 Å². The van der Waals surface area contributed by atoms with Crippen molar-refractivity contribution in [3.63, 3.8) is 0 Å². The van der Waals surface area contributed by atoms with Crippen LogP contribution in [0, 0.1) is 37.5 Å². The van der Waals surface area contributed by atoms with Gasteiger partial charge in [0, 0.05) is 36.5 Å². The third-order valence-electron chi connectivity index (χ3n) is 5.58. The maximum absolute atomic E-state index is 12.8. The Balaban J connectivity index is 1.54. The number of aromatic nitrogens is 4. The van der Waals surface area contributed by atoms with Crippen molar-refractivity contribution in [2.75, 3.05) is 18.4 Å². The fourth-order valence-corrected chi connectivity index (χ4v) is 3.96. The SMILES string of the molecule is Cc1cc(C)nc(Nc2cc(C3CCCN(C(=O)C4(C#N)CC4)C3)nc(C)n2)n1. The Hall–Kier alpha value is -3.08. The molecule has 8 nitrogen and oxygen atoms in total. The van der Waals surface area contributed by atoms with Crippen LogP contribution in [-0.2, 0) is 4.79 Å². The summed E-state index contributed by atoms with van der Waals surface area (Å²) in [6, 6.07) is 6.06. The first-order valence-electron chi connectivity index (χ1n) is 10.0. The molecule has 2 fully saturated rings. The molecule has 1 N–H and O–H groups in total. The van der Waals surface area contributed by atoms with Crippen LogP contribution in [0.3, 0.4) is 0 Å². The van der Waals surface area contributed by atoms with Crippen LogP contribution in [0.15, 0.2) is 12.1 Å². The number of nitrogens with zero attached hydrogens (tertiary/aromatic N) is 6. The van der Waals surface area contributed by atoms with Gasteiger partial charge in [-0.05, 0) is 52.5 Å². The van der Waals surface area contributed by atoms with Gasteiger partial charge in [-0.3, -0.25) is 4.79 Å². The number of hydrogen-bond acceptors (Lipinski definition) is 7. The van der Waals surface area contributed by atoms with E-state index in [0.29, 0.717) is 43.5 Å². The van der Waals surface area contributed by atoms with Gasteiger partial charge in [0.05, 0.1) is 11.8 Å². The van der Waals surface area contributed by atoms with Gasteiger partial charge >= 0.3 is 0 Å². The van der Waals surface area contributed by atoms with Gasteiger partial charge in [0.2, 0.25) is 11.9 Å². The van der Waals surface area contributed by atoms with Crippen molar-refractivity contribution in [1.29, 1.82) is 5.26 Å². The van der Waals surface area contributed by atoms with E-state index in [1.54, 1.807) is 0 Å². The first kappa shape index (κ1) is 19.2. The van der Waals surface area contributed by atoms with Gasteiger partial charge in [-0.15, -0.1) is 0 Å². The van der Waals surface area contributed by atoms with Crippen LogP contribution >= 0.6 is 0 Å². The van der Waals surface area contributed by atoms with Crippen LogP contribution in [0.4, 0.5) is 11.8 Å². The molecule has 1 amide bonds. The zero-order chi connectivity index (χ0) is 20.6. The van der Waals surface area contributed by atoms with E-state index in [2.05, 4.69) is 31.3 Å². The summed E-state index contributed by atoms with van der Waals surface area (Å²) in [7, 11) is 0. The fourth-order valence-electron chi connectivity index (χ4n) is 3.96. The van der Waals surface area contributed by atoms with E-state index in [1.807, 2.05) is 37.8 Å². The van der Waals surface area contributed by atoms with Gasteiger partial charge in [-0.2, -0.15) is 5.26 Å². The molecule has 150 valence electrons. The normalized spacial score (nSPS) is 20.1. The van der Waals surface area contributed by atoms with E-state index in [0.717, 1.165) is 29.9 Å². The molecular weight excluding hydrogens is 366 g/mol. The number of carbonyl (C=O) groups is 1. The molecule has 1 aliphatic carbocycles. The average Bonchev–Trinajstić information content (AvgIpc) is 3.47. The van der Waals surface area contributed by atoms with Gasteiger partial charge in [0.25, 0.3) is 0 Å². The molecule has 2 aromatic rings. The Morgan fingerprint density at radius 2 is 1.90 bits per heavy atom. The Bertz CT molecular complexity index is 973. The van der Waals surface area contributed by atoms with E-state index in [9.17, 15) is 10.1 Å². The number of anilines is 2. The van der Waals surface area contributed by atoms with Gasteiger partial charge in [-0.1, -0.05) is 0 Å². The summed E-state index contributed by atoms with van der Waals surface area (Å²) < 4.78 is 0. The number of nitrogens with one attached hydrogen (secondary N) is 1. The maximum Gasteiger partial charge on any atom is 0.243 e. The molecule has 3 heterocycles. The van der Waals surface area contributed by atoms with Crippen molar-refractivity contribution in [2.24, 2.45) is 5.41 Å². The van der Waals surface area contributed by atoms with E-state index < -0.39 is 5.41 Å². The molecule has 29 heavy (non-hydrogen) atoms. The predicted octanol–water partition coefficient (Wildman–Crippen LogP) is 2.95. The minimum Gasteiger partial charge on any atom is -0.341 e. The van der Waals surface area contributed by atoms with Gasteiger partial charge < -0.3 is 10.2 Å². The number of piperidine rings is 1. The molecule has 1 saturated heterocycles. The molecule has 1 aliphatic heterocycles. The lowest BCUT2D eigenvalue weighted by atomic mass is 9.93. The first-order valence-corrected chi connectivity index (χ1v) is 10.0. The quantitative estimate of drug-likeness (QED) is 0.853. The van der Waals surface area contributed by atoms with E-state index in [4.69, 9.17) is 0 Å². The van der Waals surface area contributed by atoms with Crippen LogP contribution in [0.1, 0.15) is 54.5 Å². The topological polar surface area (TPSA) is 108 Å². The van der Waals surface area contributed by atoms with Gasteiger partial charge in [-0.25, -0.2) is 19.9 Å². The van der Waals surface area contributed by atoms with Crippen molar-refractivity contribution in [2.45, 2.75) is 52.4 Å². The molecule has 0 spiro atoms. The van der Waals surface area contributed by atoms with Crippen LogP contribution in [-0.4, -0.2) is 43.8 Å². The molecule has 8 heteroatoms. The lowest BCUT2D eigenvalue weighted by Crippen LogP contribution is -2.43. The lowest BCUT2D eigenvalue weighted by molar-refractivity contribution is -0.136. The van der Waals surface area contributed by atoms with Crippen molar-refractivity contribution in [1.82, 2.24) is 24.8 Å². The molecule has 2 aromatic heterocycles. The number of rotatable bonds is 4. The minimum absolute atomic E-state index is 0.0162. The number of aryl methyl sites for hydroxylation is 3. The monoisotopic (exact) mass is 391 g/mol. The third kappa shape index (κ3) is 4.04. The number of nitriles is 1. The van der Waals surface area contributed by atoms with E-state index in [-0.39, 0.29) is 11.8 Å². The minimum atomic E-state index is -0.767. The number of amides is 1. The largest absolute Gasteiger partial charge is 0.341 e. The zero-order valence-corrected chi connectivity index (χ0v) is 17.1. The maximum atomic E-state index is 12.8. The van der Waals surface area contributed by atoms with Crippen molar-refractivity contribution >= 4 is 17.7 Å². The molecule has 1 unspecified atom stereocenters. The molecular formula is C21H25N7O. The van der Waals surface area contributed by atoms with Crippen molar-refractivity contribution < 1.29 is 4.79 Å². The first-order chi connectivity index (χ1) is 13.9.